The lowest BCUT2D eigenvalue weighted by Gasteiger charge is -2.24. The molecule has 0 radical (unpaired) electrons. The Morgan fingerprint density at radius 1 is 1.62 bits per heavy atom. The third-order valence-corrected chi connectivity index (χ3v) is 2.80. The van der Waals surface area contributed by atoms with Gasteiger partial charge in [-0.05, 0) is 19.3 Å². The number of nitrogens with one attached hydrogen (secondary N) is 1. The van der Waals surface area contributed by atoms with Crippen molar-refractivity contribution >= 4 is 12.0 Å². The average Bonchev–Trinajstić information content (AvgIpc) is 2.59. The highest BCUT2D eigenvalue weighted by Gasteiger charge is 2.39. The molecule has 1 rings (SSSR count). The lowest BCUT2D eigenvalue weighted by molar-refractivity contribution is -0.142. The minimum Gasteiger partial charge on any atom is -0.480 e. The van der Waals surface area contributed by atoms with Crippen LogP contribution in [0.15, 0.2) is 0 Å². The highest BCUT2D eigenvalue weighted by Crippen LogP contribution is 2.23. The first kappa shape index (κ1) is 12.4. The maximum absolute atomic E-state index is 11.7. The van der Waals surface area contributed by atoms with Crippen molar-refractivity contribution in [2.75, 3.05) is 6.54 Å². The van der Waals surface area contributed by atoms with E-state index in [9.17, 15) is 9.59 Å². The third kappa shape index (κ3) is 2.45. The molecular formula is C11H16N2O3. The number of nitrogens with zero attached hydrogens (tertiary/aromatic N) is 1. The number of likely N-dealkylation sites (tertiary alicyclic amines) is 1. The molecule has 2 amide bonds. The summed E-state index contributed by atoms with van der Waals surface area (Å²) in [5.74, 6) is 1.38. The van der Waals surface area contributed by atoms with Gasteiger partial charge < -0.3 is 15.3 Å². The number of carbonyl (C=O) groups excluding carboxylic acids is 1. The molecule has 2 N–H and O–H groups in total. The smallest absolute Gasteiger partial charge is 0.326 e. The summed E-state index contributed by atoms with van der Waals surface area (Å²) in [5, 5.41) is 11.6. The fraction of sp³-hybridized carbons (Fsp3) is 0.636. The Kier molecular flexibility index (Phi) is 3.78. The largest absolute Gasteiger partial charge is 0.480 e. The Bertz CT molecular complexity index is 335. The van der Waals surface area contributed by atoms with E-state index < -0.39 is 24.1 Å². The summed E-state index contributed by atoms with van der Waals surface area (Å²) in [6.07, 6.45) is 5.84. The van der Waals surface area contributed by atoms with Crippen molar-refractivity contribution < 1.29 is 14.7 Å². The molecule has 88 valence electrons. The van der Waals surface area contributed by atoms with Crippen molar-refractivity contribution in [1.82, 2.24) is 10.2 Å². The minimum atomic E-state index is -0.964. The first-order chi connectivity index (χ1) is 7.47. The second-order valence-corrected chi connectivity index (χ2v) is 4.08. The van der Waals surface area contributed by atoms with Crippen LogP contribution in [0.2, 0.25) is 0 Å². The second kappa shape index (κ2) is 4.88. The van der Waals surface area contributed by atoms with Crippen LogP contribution in [0.25, 0.3) is 0 Å². The Morgan fingerprint density at radius 2 is 2.25 bits per heavy atom. The molecule has 1 aliphatic heterocycles. The molecule has 0 aromatic heterocycles. The van der Waals surface area contributed by atoms with E-state index in [0.717, 1.165) is 0 Å². The molecule has 1 fully saturated rings. The van der Waals surface area contributed by atoms with Gasteiger partial charge in [-0.15, -0.1) is 6.42 Å². The number of terminal acetylenes is 1. The Labute approximate surface area is 94.8 Å². The van der Waals surface area contributed by atoms with E-state index in [0.29, 0.717) is 13.0 Å². The van der Waals surface area contributed by atoms with Crippen molar-refractivity contribution in [3.63, 3.8) is 0 Å². The predicted octanol–water partition coefficient (Wildman–Crippen LogP) is 0.513. The summed E-state index contributed by atoms with van der Waals surface area (Å²) in [7, 11) is 0. The van der Waals surface area contributed by atoms with Crippen molar-refractivity contribution in [2.45, 2.75) is 32.4 Å². The Hall–Kier alpha value is -1.70. The molecule has 0 aromatic rings. The van der Waals surface area contributed by atoms with Gasteiger partial charge >= 0.3 is 12.0 Å². The number of carboxylic acid groups (broad SMARTS) is 1. The highest BCUT2D eigenvalue weighted by molar-refractivity contribution is 5.83. The van der Waals surface area contributed by atoms with Crippen molar-refractivity contribution in [1.29, 1.82) is 0 Å². The lowest BCUT2D eigenvalue weighted by atomic mass is 10.0. The van der Waals surface area contributed by atoms with E-state index in [1.54, 1.807) is 6.92 Å². The summed E-state index contributed by atoms with van der Waals surface area (Å²) in [4.78, 5) is 24.1. The van der Waals surface area contributed by atoms with Crippen molar-refractivity contribution in [2.24, 2.45) is 5.92 Å². The van der Waals surface area contributed by atoms with Gasteiger partial charge in [0.25, 0.3) is 0 Å². The number of aliphatic carboxylic acids is 1. The van der Waals surface area contributed by atoms with Gasteiger partial charge in [0.2, 0.25) is 0 Å². The topological polar surface area (TPSA) is 69.6 Å². The van der Waals surface area contributed by atoms with Crippen LogP contribution >= 0.6 is 0 Å². The van der Waals surface area contributed by atoms with Crippen LogP contribution in [-0.2, 0) is 4.79 Å². The van der Waals surface area contributed by atoms with Gasteiger partial charge in [-0.25, -0.2) is 9.59 Å². The number of hydrogen-bond donors (Lipinski definition) is 2. The molecule has 1 saturated heterocycles. The number of hydrogen-bond acceptors (Lipinski definition) is 2. The summed E-state index contributed by atoms with van der Waals surface area (Å²) in [6.45, 7) is 3.96. The number of rotatable bonds is 2. The first-order valence-corrected chi connectivity index (χ1v) is 5.23. The van der Waals surface area contributed by atoms with Crippen LogP contribution in [0.3, 0.4) is 0 Å². The molecule has 0 spiro atoms. The monoisotopic (exact) mass is 224 g/mol. The SMILES string of the molecule is C#CC(C)NC(=O)N1CCC(C)C1C(=O)O. The van der Waals surface area contributed by atoms with Crippen LogP contribution < -0.4 is 5.32 Å². The standard InChI is InChI=1S/C11H16N2O3/c1-4-8(3)12-11(16)13-6-5-7(2)9(13)10(14)15/h1,7-9H,5-6H2,2-3H3,(H,12,16)(H,14,15). The second-order valence-electron chi connectivity index (χ2n) is 4.08. The summed E-state index contributed by atoms with van der Waals surface area (Å²) < 4.78 is 0. The van der Waals surface area contributed by atoms with E-state index in [-0.39, 0.29) is 5.92 Å². The van der Waals surface area contributed by atoms with E-state index in [1.807, 2.05) is 6.92 Å². The Balaban J connectivity index is 2.69. The lowest BCUT2D eigenvalue weighted by Crippen LogP contribution is -2.49. The quantitative estimate of drug-likeness (QED) is 0.671. The molecule has 0 aliphatic carbocycles. The van der Waals surface area contributed by atoms with E-state index >= 15 is 0 Å². The molecular weight excluding hydrogens is 208 g/mol. The van der Waals surface area contributed by atoms with Gasteiger partial charge in [0.05, 0.1) is 6.04 Å². The van der Waals surface area contributed by atoms with Gasteiger partial charge in [-0.1, -0.05) is 12.8 Å². The Morgan fingerprint density at radius 3 is 2.75 bits per heavy atom. The van der Waals surface area contributed by atoms with Crippen LogP contribution in [0, 0.1) is 18.3 Å². The maximum atomic E-state index is 11.7. The summed E-state index contributed by atoms with van der Waals surface area (Å²) in [5.41, 5.74) is 0. The van der Waals surface area contributed by atoms with Crippen LogP contribution in [-0.4, -0.2) is 40.6 Å². The molecule has 5 nitrogen and oxygen atoms in total. The maximum Gasteiger partial charge on any atom is 0.326 e. The molecule has 3 unspecified atom stereocenters. The zero-order valence-corrected chi connectivity index (χ0v) is 9.43. The number of urea groups is 1. The fourth-order valence-corrected chi connectivity index (χ4v) is 1.86. The molecule has 0 saturated carbocycles. The number of amides is 2. The molecule has 16 heavy (non-hydrogen) atoms. The highest BCUT2D eigenvalue weighted by atomic mass is 16.4. The molecule has 1 aliphatic rings. The van der Waals surface area contributed by atoms with E-state index in [2.05, 4.69) is 11.2 Å². The first-order valence-electron chi connectivity index (χ1n) is 5.23. The van der Waals surface area contributed by atoms with Crippen LogP contribution in [0.1, 0.15) is 20.3 Å². The summed E-state index contributed by atoms with van der Waals surface area (Å²) in [6, 6.07) is -1.54. The van der Waals surface area contributed by atoms with Gasteiger partial charge in [0.15, 0.2) is 0 Å². The predicted molar refractivity (Wildman–Crippen MR) is 58.7 cm³/mol. The van der Waals surface area contributed by atoms with Crippen LogP contribution in [0.5, 0.6) is 0 Å². The van der Waals surface area contributed by atoms with Gasteiger partial charge in [0, 0.05) is 6.54 Å². The normalized spacial score (nSPS) is 25.9. The number of carboxylic acids is 1. The van der Waals surface area contributed by atoms with E-state index in [4.69, 9.17) is 11.5 Å². The summed E-state index contributed by atoms with van der Waals surface area (Å²) >= 11 is 0. The zero-order chi connectivity index (χ0) is 12.3. The molecule has 0 aromatic carbocycles. The number of carbonyl (C=O) groups is 2. The fourth-order valence-electron chi connectivity index (χ4n) is 1.86. The zero-order valence-electron chi connectivity index (χ0n) is 9.43. The van der Waals surface area contributed by atoms with Gasteiger partial charge in [0.1, 0.15) is 6.04 Å². The van der Waals surface area contributed by atoms with Crippen molar-refractivity contribution in [3.8, 4) is 12.3 Å². The van der Waals surface area contributed by atoms with Gasteiger partial charge in [-0.2, -0.15) is 0 Å². The molecule has 0 bridgehead atoms. The van der Waals surface area contributed by atoms with Gasteiger partial charge in [-0.3, -0.25) is 0 Å². The molecule has 5 heteroatoms. The molecule has 3 atom stereocenters. The van der Waals surface area contributed by atoms with E-state index in [1.165, 1.54) is 4.90 Å². The third-order valence-electron chi connectivity index (χ3n) is 2.80. The minimum absolute atomic E-state index is 0.0237. The van der Waals surface area contributed by atoms with Crippen molar-refractivity contribution in [3.05, 3.63) is 0 Å². The average molecular weight is 224 g/mol. The van der Waals surface area contributed by atoms with Crippen LogP contribution in [0.4, 0.5) is 4.79 Å². The molecule has 1 heterocycles.